The molecule has 0 saturated heterocycles. The topological polar surface area (TPSA) is 92.4 Å². The van der Waals surface area contributed by atoms with Crippen molar-refractivity contribution in [2.75, 3.05) is 5.32 Å². The van der Waals surface area contributed by atoms with Crippen molar-refractivity contribution in [1.29, 1.82) is 0 Å². The first-order valence-corrected chi connectivity index (χ1v) is 5.68. The number of hydrogen-bond donors (Lipinski definition) is 2. The van der Waals surface area contributed by atoms with Crippen LogP contribution in [-0.4, -0.2) is 22.0 Å². The third-order valence-corrected chi connectivity index (χ3v) is 2.76. The van der Waals surface area contributed by atoms with Gasteiger partial charge in [0.1, 0.15) is 0 Å². The van der Waals surface area contributed by atoms with Crippen molar-refractivity contribution in [3.05, 3.63) is 41.3 Å². The fourth-order valence-corrected chi connectivity index (χ4v) is 1.86. The standard InChI is InChI=1S/C11H8N2O4S/c14-9(15)4-3-7-6-12-11(18-7)13-10(16)8-2-1-5-17-8/h1-6H,(H,14,15)(H,12,13,16). The Morgan fingerprint density at radius 3 is 3.00 bits per heavy atom. The Morgan fingerprint density at radius 1 is 1.50 bits per heavy atom. The summed E-state index contributed by atoms with van der Waals surface area (Å²) in [5.41, 5.74) is 0. The van der Waals surface area contributed by atoms with Crippen LogP contribution in [0.2, 0.25) is 0 Å². The molecule has 0 aliphatic rings. The minimum Gasteiger partial charge on any atom is -0.478 e. The molecule has 0 saturated carbocycles. The van der Waals surface area contributed by atoms with Gasteiger partial charge in [0.15, 0.2) is 10.9 Å². The molecule has 0 aromatic carbocycles. The highest BCUT2D eigenvalue weighted by Crippen LogP contribution is 2.20. The van der Waals surface area contributed by atoms with E-state index in [0.29, 0.717) is 10.0 Å². The first-order chi connectivity index (χ1) is 8.65. The van der Waals surface area contributed by atoms with Gasteiger partial charge in [-0.05, 0) is 18.2 Å². The Bertz CT molecular complexity index is 586. The number of hydrogen-bond acceptors (Lipinski definition) is 5. The largest absolute Gasteiger partial charge is 0.478 e. The van der Waals surface area contributed by atoms with Gasteiger partial charge in [-0.2, -0.15) is 0 Å². The maximum absolute atomic E-state index is 11.6. The van der Waals surface area contributed by atoms with Gasteiger partial charge in [0.25, 0.3) is 5.91 Å². The quantitative estimate of drug-likeness (QED) is 0.825. The highest BCUT2D eigenvalue weighted by Gasteiger charge is 2.10. The van der Waals surface area contributed by atoms with Crippen LogP contribution in [-0.2, 0) is 4.79 Å². The lowest BCUT2D eigenvalue weighted by Gasteiger charge is -1.96. The van der Waals surface area contributed by atoms with Crippen LogP contribution in [0.15, 0.2) is 35.1 Å². The molecular formula is C11H8N2O4S. The summed E-state index contributed by atoms with van der Waals surface area (Å²) in [6.45, 7) is 0. The molecule has 0 atom stereocenters. The molecule has 18 heavy (non-hydrogen) atoms. The molecule has 0 unspecified atom stereocenters. The lowest BCUT2D eigenvalue weighted by atomic mass is 10.4. The maximum Gasteiger partial charge on any atom is 0.328 e. The first kappa shape index (κ1) is 12.1. The Hall–Kier alpha value is -2.41. The van der Waals surface area contributed by atoms with Crippen molar-refractivity contribution in [3.8, 4) is 0 Å². The summed E-state index contributed by atoms with van der Waals surface area (Å²) in [7, 11) is 0. The van der Waals surface area contributed by atoms with Gasteiger partial charge in [0, 0.05) is 17.2 Å². The van der Waals surface area contributed by atoms with E-state index in [1.165, 1.54) is 35.9 Å². The SMILES string of the molecule is O=C(O)C=Cc1cnc(NC(=O)c2ccco2)s1. The number of furan rings is 1. The summed E-state index contributed by atoms with van der Waals surface area (Å²) < 4.78 is 4.93. The molecule has 2 rings (SSSR count). The minimum atomic E-state index is -1.04. The average Bonchev–Trinajstić information content (AvgIpc) is 2.97. The van der Waals surface area contributed by atoms with Crippen molar-refractivity contribution in [3.63, 3.8) is 0 Å². The Morgan fingerprint density at radius 2 is 2.33 bits per heavy atom. The van der Waals surface area contributed by atoms with Crippen LogP contribution in [0, 0.1) is 0 Å². The lowest BCUT2D eigenvalue weighted by molar-refractivity contribution is -0.131. The molecule has 1 amide bonds. The van der Waals surface area contributed by atoms with E-state index in [4.69, 9.17) is 9.52 Å². The van der Waals surface area contributed by atoms with Crippen molar-refractivity contribution in [2.24, 2.45) is 0 Å². The molecular weight excluding hydrogens is 256 g/mol. The average molecular weight is 264 g/mol. The number of carboxylic acid groups (broad SMARTS) is 1. The summed E-state index contributed by atoms with van der Waals surface area (Å²) in [5, 5.41) is 11.4. The minimum absolute atomic E-state index is 0.188. The summed E-state index contributed by atoms with van der Waals surface area (Å²) in [6, 6.07) is 3.14. The van der Waals surface area contributed by atoms with E-state index in [1.54, 1.807) is 6.07 Å². The van der Waals surface area contributed by atoms with Crippen LogP contribution in [0.3, 0.4) is 0 Å². The van der Waals surface area contributed by atoms with Crippen molar-refractivity contribution >= 4 is 34.4 Å². The Kier molecular flexibility index (Phi) is 3.54. The van der Waals surface area contributed by atoms with E-state index in [1.807, 2.05) is 0 Å². The molecule has 2 heterocycles. The van der Waals surface area contributed by atoms with E-state index in [0.717, 1.165) is 6.08 Å². The van der Waals surface area contributed by atoms with Gasteiger partial charge in [-0.3, -0.25) is 10.1 Å². The van der Waals surface area contributed by atoms with Gasteiger partial charge in [0.05, 0.1) is 6.26 Å². The highest BCUT2D eigenvalue weighted by atomic mass is 32.1. The molecule has 7 heteroatoms. The second kappa shape index (κ2) is 5.28. The molecule has 0 bridgehead atoms. The molecule has 6 nitrogen and oxygen atoms in total. The zero-order valence-corrected chi connectivity index (χ0v) is 9.81. The number of carbonyl (C=O) groups is 2. The van der Waals surface area contributed by atoms with Crippen LogP contribution in [0.25, 0.3) is 6.08 Å². The zero-order valence-electron chi connectivity index (χ0n) is 8.99. The van der Waals surface area contributed by atoms with Crippen LogP contribution < -0.4 is 5.32 Å². The predicted octanol–water partition coefficient (Wildman–Crippen LogP) is 2.09. The van der Waals surface area contributed by atoms with Gasteiger partial charge in [-0.25, -0.2) is 9.78 Å². The number of aromatic nitrogens is 1. The number of nitrogens with zero attached hydrogens (tertiary/aromatic N) is 1. The second-order valence-electron chi connectivity index (χ2n) is 3.17. The summed E-state index contributed by atoms with van der Waals surface area (Å²) >= 11 is 1.17. The maximum atomic E-state index is 11.6. The number of carbonyl (C=O) groups excluding carboxylic acids is 1. The smallest absolute Gasteiger partial charge is 0.328 e. The summed E-state index contributed by atoms with van der Waals surface area (Å²) in [5.74, 6) is -1.25. The predicted molar refractivity (Wildman–Crippen MR) is 65.4 cm³/mol. The van der Waals surface area contributed by atoms with Crippen molar-refractivity contribution in [2.45, 2.75) is 0 Å². The van der Waals surface area contributed by atoms with Crippen molar-refractivity contribution in [1.82, 2.24) is 4.98 Å². The second-order valence-corrected chi connectivity index (χ2v) is 4.23. The molecule has 2 N–H and O–H groups in total. The third-order valence-electron chi connectivity index (χ3n) is 1.88. The molecule has 2 aromatic rings. The number of rotatable bonds is 4. The Balaban J connectivity index is 2.03. The van der Waals surface area contributed by atoms with E-state index in [9.17, 15) is 9.59 Å². The van der Waals surface area contributed by atoms with E-state index < -0.39 is 11.9 Å². The van der Waals surface area contributed by atoms with Crippen molar-refractivity contribution < 1.29 is 19.1 Å². The number of aliphatic carboxylic acids is 1. The van der Waals surface area contributed by atoms with Gasteiger partial charge in [-0.15, -0.1) is 0 Å². The lowest BCUT2D eigenvalue weighted by Crippen LogP contribution is -2.10. The fraction of sp³-hybridized carbons (Fsp3) is 0. The van der Waals surface area contributed by atoms with Crippen LogP contribution in [0.1, 0.15) is 15.4 Å². The monoisotopic (exact) mass is 264 g/mol. The van der Waals surface area contributed by atoms with E-state index >= 15 is 0 Å². The fourth-order valence-electron chi connectivity index (χ4n) is 1.14. The molecule has 92 valence electrons. The van der Waals surface area contributed by atoms with Crippen LogP contribution in [0.4, 0.5) is 5.13 Å². The molecule has 0 radical (unpaired) electrons. The first-order valence-electron chi connectivity index (χ1n) is 4.87. The molecule has 0 fully saturated rings. The summed E-state index contributed by atoms with van der Waals surface area (Å²) in [6.07, 6.45) is 5.29. The number of amides is 1. The number of anilines is 1. The zero-order chi connectivity index (χ0) is 13.0. The molecule has 2 aromatic heterocycles. The number of thiazole rings is 1. The molecule has 0 aliphatic carbocycles. The number of carboxylic acids is 1. The van der Waals surface area contributed by atoms with Gasteiger partial charge in [0.2, 0.25) is 0 Å². The summed E-state index contributed by atoms with van der Waals surface area (Å²) in [4.78, 5) is 26.5. The van der Waals surface area contributed by atoms with Gasteiger partial charge >= 0.3 is 5.97 Å². The van der Waals surface area contributed by atoms with Gasteiger partial charge < -0.3 is 9.52 Å². The number of nitrogens with one attached hydrogen (secondary N) is 1. The van der Waals surface area contributed by atoms with Gasteiger partial charge in [-0.1, -0.05) is 11.3 Å². The third kappa shape index (κ3) is 3.05. The van der Waals surface area contributed by atoms with E-state index in [2.05, 4.69) is 10.3 Å². The normalized spacial score (nSPS) is 10.7. The van der Waals surface area contributed by atoms with E-state index in [-0.39, 0.29) is 5.76 Å². The molecule has 0 spiro atoms. The van der Waals surface area contributed by atoms with Crippen LogP contribution >= 0.6 is 11.3 Å². The van der Waals surface area contributed by atoms with Crippen LogP contribution in [0.5, 0.6) is 0 Å². The highest BCUT2D eigenvalue weighted by molar-refractivity contribution is 7.16. The Labute approximate surface area is 106 Å². The molecule has 0 aliphatic heterocycles.